The van der Waals surface area contributed by atoms with Gasteiger partial charge in [-0.05, 0) is 33.8 Å². The van der Waals surface area contributed by atoms with Crippen LogP contribution in [0.25, 0.3) is 0 Å². The van der Waals surface area contributed by atoms with Crippen molar-refractivity contribution in [1.82, 2.24) is 24.5 Å². The number of amides is 1. The van der Waals surface area contributed by atoms with Gasteiger partial charge in [0.25, 0.3) is 0 Å². The number of carbonyl (C=O) groups excluding carboxylic acids is 1. The molecule has 1 aliphatic heterocycles. The Morgan fingerprint density at radius 3 is 2.74 bits per heavy atom. The highest BCUT2D eigenvalue weighted by atomic mass is 16.2. The Bertz CT molecular complexity index is 729. The van der Waals surface area contributed by atoms with Gasteiger partial charge in [0.1, 0.15) is 0 Å². The highest BCUT2D eigenvalue weighted by Gasteiger charge is 2.21. The van der Waals surface area contributed by atoms with Crippen LogP contribution < -0.4 is 5.32 Å². The zero-order valence-corrected chi connectivity index (χ0v) is 14.3. The van der Waals surface area contributed by atoms with E-state index < -0.39 is 0 Å². The molecule has 0 atom stereocenters. The number of nitrogens with one attached hydrogen (secondary N) is 1. The maximum atomic E-state index is 12.4. The molecule has 2 aromatic heterocycles. The minimum atomic E-state index is 0.0107. The molecule has 0 radical (unpaired) electrons. The predicted octanol–water partition coefficient (Wildman–Crippen LogP) is 1.48. The summed E-state index contributed by atoms with van der Waals surface area (Å²) in [6.45, 7) is 11.6. The van der Waals surface area contributed by atoms with Crippen molar-refractivity contribution in [3.63, 3.8) is 0 Å². The second-order valence-corrected chi connectivity index (χ2v) is 6.12. The fourth-order valence-corrected chi connectivity index (χ4v) is 3.17. The zero-order chi connectivity index (χ0) is 16.6. The molecule has 124 valence electrons. The van der Waals surface area contributed by atoms with E-state index in [-0.39, 0.29) is 5.91 Å². The van der Waals surface area contributed by atoms with Crippen LogP contribution in [0.15, 0.2) is 6.07 Å². The molecule has 7 heteroatoms. The molecule has 0 aliphatic carbocycles. The Balaban J connectivity index is 1.63. The first-order valence-corrected chi connectivity index (χ1v) is 8.07. The number of fused-ring (bicyclic) bond motifs is 1. The summed E-state index contributed by atoms with van der Waals surface area (Å²) < 4.78 is 3.94. The standard InChI is InChI=1S/C16H24N6O/c1-5-21-13(4)16(12(3)19-21)17-15(23)10-20-6-7-22-14(9-20)8-11(2)18-22/h8H,5-7,9-10H2,1-4H3,(H,17,23). The average molecular weight is 316 g/mol. The van der Waals surface area contributed by atoms with Gasteiger partial charge in [-0.25, -0.2) is 0 Å². The third kappa shape index (κ3) is 3.14. The summed E-state index contributed by atoms with van der Waals surface area (Å²) in [7, 11) is 0. The Kier molecular flexibility index (Phi) is 4.21. The van der Waals surface area contributed by atoms with Crippen molar-refractivity contribution >= 4 is 11.6 Å². The van der Waals surface area contributed by atoms with E-state index in [2.05, 4.69) is 26.5 Å². The van der Waals surface area contributed by atoms with E-state index in [0.29, 0.717) is 6.54 Å². The number of hydrogen-bond donors (Lipinski definition) is 1. The molecule has 7 nitrogen and oxygen atoms in total. The summed E-state index contributed by atoms with van der Waals surface area (Å²) in [6, 6.07) is 2.09. The second-order valence-electron chi connectivity index (χ2n) is 6.12. The van der Waals surface area contributed by atoms with Crippen molar-refractivity contribution < 1.29 is 4.79 Å². The Labute approximate surface area is 136 Å². The molecule has 0 aromatic carbocycles. The minimum Gasteiger partial charge on any atom is -0.322 e. The van der Waals surface area contributed by atoms with E-state index in [1.165, 1.54) is 5.69 Å². The number of aromatic nitrogens is 4. The van der Waals surface area contributed by atoms with Crippen LogP contribution >= 0.6 is 0 Å². The van der Waals surface area contributed by atoms with E-state index in [4.69, 9.17) is 0 Å². The lowest BCUT2D eigenvalue weighted by Gasteiger charge is -2.26. The first-order chi connectivity index (χ1) is 11.0. The normalized spacial score (nSPS) is 14.8. The van der Waals surface area contributed by atoms with Crippen LogP contribution in [-0.2, 0) is 24.4 Å². The van der Waals surface area contributed by atoms with Gasteiger partial charge in [-0.2, -0.15) is 10.2 Å². The van der Waals surface area contributed by atoms with Crippen LogP contribution in [0.1, 0.15) is 29.7 Å². The number of aryl methyl sites for hydroxylation is 3. The summed E-state index contributed by atoms with van der Waals surface area (Å²) >= 11 is 0. The Hall–Kier alpha value is -2.15. The van der Waals surface area contributed by atoms with Gasteiger partial charge >= 0.3 is 0 Å². The van der Waals surface area contributed by atoms with E-state index in [0.717, 1.165) is 48.9 Å². The Morgan fingerprint density at radius 1 is 1.26 bits per heavy atom. The molecule has 3 rings (SSSR count). The van der Waals surface area contributed by atoms with Crippen molar-refractivity contribution in [2.75, 3.05) is 18.4 Å². The van der Waals surface area contributed by atoms with Gasteiger partial charge in [-0.3, -0.25) is 19.1 Å². The lowest BCUT2D eigenvalue weighted by atomic mass is 10.2. The molecular formula is C16H24N6O. The number of nitrogens with zero attached hydrogens (tertiary/aromatic N) is 5. The van der Waals surface area contributed by atoms with Crippen molar-refractivity contribution in [3.8, 4) is 0 Å². The fraction of sp³-hybridized carbons (Fsp3) is 0.562. The van der Waals surface area contributed by atoms with Crippen molar-refractivity contribution in [3.05, 3.63) is 28.8 Å². The van der Waals surface area contributed by atoms with Crippen molar-refractivity contribution in [2.45, 2.75) is 47.3 Å². The molecule has 1 amide bonds. The van der Waals surface area contributed by atoms with E-state index in [1.54, 1.807) is 0 Å². The lowest BCUT2D eigenvalue weighted by molar-refractivity contribution is -0.117. The molecule has 2 aromatic rings. The number of hydrogen-bond acceptors (Lipinski definition) is 4. The summed E-state index contributed by atoms with van der Waals surface area (Å²) in [5.74, 6) is 0.0107. The summed E-state index contributed by atoms with van der Waals surface area (Å²) in [6.07, 6.45) is 0. The van der Waals surface area contributed by atoms with Crippen LogP contribution in [0.5, 0.6) is 0 Å². The molecule has 0 spiro atoms. The molecule has 0 unspecified atom stereocenters. The molecule has 1 N–H and O–H groups in total. The SMILES string of the molecule is CCn1nc(C)c(NC(=O)CN2CCn3nc(C)cc3C2)c1C. The van der Waals surface area contributed by atoms with Crippen LogP contribution in [0.3, 0.4) is 0 Å². The Morgan fingerprint density at radius 2 is 2.04 bits per heavy atom. The molecule has 1 aliphatic rings. The maximum absolute atomic E-state index is 12.4. The third-order valence-corrected chi connectivity index (χ3v) is 4.31. The van der Waals surface area contributed by atoms with E-state index in [9.17, 15) is 4.79 Å². The largest absolute Gasteiger partial charge is 0.322 e. The van der Waals surface area contributed by atoms with Gasteiger partial charge < -0.3 is 5.32 Å². The fourth-order valence-electron chi connectivity index (χ4n) is 3.17. The quantitative estimate of drug-likeness (QED) is 0.928. The van der Waals surface area contributed by atoms with Gasteiger partial charge in [0, 0.05) is 19.6 Å². The molecule has 0 saturated carbocycles. The molecule has 0 saturated heterocycles. The number of anilines is 1. The lowest BCUT2D eigenvalue weighted by Crippen LogP contribution is -2.39. The van der Waals surface area contributed by atoms with Crippen molar-refractivity contribution in [1.29, 1.82) is 0 Å². The van der Waals surface area contributed by atoms with Crippen LogP contribution in [-0.4, -0.2) is 43.5 Å². The van der Waals surface area contributed by atoms with Gasteiger partial charge in [0.2, 0.25) is 5.91 Å². The van der Waals surface area contributed by atoms with Gasteiger partial charge in [0.05, 0.1) is 41.6 Å². The first-order valence-electron chi connectivity index (χ1n) is 8.07. The van der Waals surface area contributed by atoms with Gasteiger partial charge in [0.15, 0.2) is 0 Å². The average Bonchev–Trinajstić information content (AvgIpc) is 3.00. The number of rotatable bonds is 4. The number of carbonyl (C=O) groups is 1. The molecule has 23 heavy (non-hydrogen) atoms. The van der Waals surface area contributed by atoms with E-state index in [1.807, 2.05) is 37.1 Å². The second kappa shape index (κ2) is 6.16. The highest BCUT2D eigenvalue weighted by Crippen LogP contribution is 2.19. The molecule has 3 heterocycles. The molecule has 0 bridgehead atoms. The van der Waals surface area contributed by atoms with Crippen LogP contribution in [0.2, 0.25) is 0 Å². The highest BCUT2D eigenvalue weighted by molar-refractivity contribution is 5.93. The topological polar surface area (TPSA) is 68.0 Å². The first kappa shape index (κ1) is 15.7. The molecule has 0 fully saturated rings. The van der Waals surface area contributed by atoms with Gasteiger partial charge in [-0.1, -0.05) is 0 Å². The maximum Gasteiger partial charge on any atom is 0.238 e. The summed E-state index contributed by atoms with van der Waals surface area (Å²) in [4.78, 5) is 14.5. The van der Waals surface area contributed by atoms with Crippen molar-refractivity contribution in [2.24, 2.45) is 0 Å². The summed E-state index contributed by atoms with van der Waals surface area (Å²) in [5, 5.41) is 11.9. The van der Waals surface area contributed by atoms with Gasteiger partial charge in [-0.15, -0.1) is 0 Å². The van der Waals surface area contributed by atoms with Crippen LogP contribution in [0, 0.1) is 20.8 Å². The zero-order valence-electron chi connectivity index (χ0n) is 14.3. The van der Waals surface area contributed by atoms with E-state index >= 15 is 0 Å². The predicted molar refractivity (Wildman–Crippen MR) is 88.2 cm³/mol. The van der Waals surface area contributed by atoms with Crippen LogP contribution in [0.4, 0.5) is 5.69 Å². The summed E-state index contributed by atoms with van der Waals surface area (Å²) in [5.41, 5.74) is 4.92. The smallest absolute Gasteiger partial charge is 0.238 e. The minimum absolute atomic E-state index is 0.0107. The monoisotopic (exact) mass is 316 g/mol. The third-order valence-electron chi connectivity index (χ3n) is 4.31. The molecular weight excluding hydrogens is 292 g/mol.